The standard InChI is InChI=1S/C25H36N4O6/c1-15(2)20(30)14-29(5)22(31)8-6-7-21(26)28-19-12-17(24(34)16(3)4)11-18(13-19)25(35)27-10-9-23(32)33/h11-13,15-16H,6-10,14H2,1-5H3,(H2,26,28)(H,27,35)(H,32,33). The summed E-state index contributed by atoms with van der Waals surface area (Å²) in [6.07, 6.45) is 0.691. The number of hydrogen-bond donors (Lipinski definition) is 3. The van der Waals surface area contributed by atoms with Gasteiger partial charge in [-0.05, 0) is 24.6 Å². The average molecular weight is 489 g/mol. The van der Waals surface area contributed by atoms with E-state index in [1.54, 1.807) is 40.8 Å². The minimum absolute atomic E-state index is 0.0134. The molecule has 0 fully saturated rings. The number of nitrogens with zero attached hydrogens (tertiary/aromatic N) is 2. The largest absolute Gasteiger partial charge is 0.481 e. The Hall–Kier alpha value is -3.56. The molecule has 0 aromatic heterocycles. The number of carboxylic acid groups (broad SMARTS) is 1. The molecule has 192 valence electrons. The van der Waals surface area contributed by atoms with Crippen molar-refractivity contribution in [1.82, 2.24) is 10.2 Å². The van der Waals surface area contributed by atoms with Gasteiger partial charge in [0.15, 0.2) is 11.6 Å². The molecule has 2 amide bonds. The molecule has 0 saturated carbocycles. The van der Waals surface area contributed by atoms with Crippen molar-refractivity contribution in [3.63, 3.8) is 0 Å². The first-order chi connectivity index (χ1) is 16.3. The fourth-order valence-corrected chi connectivity index (χ4v) is 3.01. The number of carboxylic acids is 1. The molecule has 0 bridgehead atoms. The molecule has 1 aromatic rings. The summed E-state index contributed by atoms with van der Waals surface area (Å²) in [5, 5.41) is 11.3. The average Bonchev–Trinajstić information content (AvgIpc) is 2.77. The van der Waals surface area contributed by atoms with Crippen LogP contribution >= 0.6 is 0 Å². The van der Waals surface area contributed by atoms with Crippen LogP contribution in [0.4, 0.5) is 5.69 Å². The van der Waals surface area contributed by atoms with Gasteiger partial charge in [0.2, 0.25) is 5.91 Å². The zero-order valence-electron chi connectivity index (χ0n) is 21.1. The van der Waals surface area contributed by atoms with Crippen molar-refractivity contribution in [1.29, 1.82) is 0 Å². The Balaban J connectivity index is 2.92. The zero-order valence-corrected chi connectivity index (χ0v) is 21.1. The van der Waals surface area contributed by atoms with Crippen LogP contribution in [0.5, 0.6) is 0 Å². The van der Waals surface area contributed by atoms with Crippen molar-refractivity contribution in [2.75, 3.05) is 20.1 Å². The van der Waals surface area contributed by atoms with E-state index in [1.807, 2.05) is 0 Å². The number of rotatable bonds is 14. The normalized spacial score (nSPS) is 11.5. The van der Waals surface area contributed by atoms with Crippen molar-refractivity contribution in [2.24, 2.45) is 22.6 Å². The Bertz CT molecular complexity index is 984. The van der Waals surface area contributed by atoms with Gasteiger partial charge in [-0.15, -0.1) is 0 Å². The van der Waals surface area contributed by atoms with Gasteiger partial charge in [-0.3, -0.25) is 24.0 Å². The van der Waals surface area contributed by atoms with Crippen molar-refractivity contribution in [3.8, 4) is 0 Å². The Morgan fingerprint density at radius 2 is 1.60 bits per heavy atom. The lowest BCUT2D eigenvalue weighted by molar-refractivity contribution is -0.136. The highest BCUT2D eigenvalue weighted by Gasteiger charge is 2.17. The highest BCUT2D eigenvalue weighted by atomic mass is 16.4. The molecule has 1 aromatic carbocycles. The third-order valence-corrected chi connectivity index (χ3v) is 5.17. The number of benzene rings is 1. The highest BCUT2D eigenvalue weighted by Crippen LogP contribution is 2.21. The maximum atomic E-state index is 12.5. The Kier molecular flexibility index (Phi) is 11.8. The summed E-state index contributed by atoms with van der Waals surface area (Å²) in [5.41, 5.74) is 6.81. The molecular formula is C25H36N4O6. The number of carbonyl (C=O) groups excluding carboxylic acids is 4. The number of nitrogens with one attached hydrogen (secondary N) is 1. The van der Waals surface area contributed by atoms with Gasteiger partial charge in [-0.25, -0.2) is 4.99 Å². The Morgan fingerprint density at radius 1 is 0.971 bits per heavy atom. The summed E-state index contributed by atoms with van der Waals surface area (Å²) >= 11 is 0. The molecule has 10 heteroatoms. The molecule has 0 aliphatic carbocycles. The topological polar surface area (TPSA) is 159 Å². The number of carbonyl (C=O) groups is 5. The second kappa shape index (κ2) is 14.0. The lowest BCUT2D eigenvalue weighted by Gasteiger charge is -2.17. The van der Waals surface area contributed by atoms with Crippen LogP contribution in [0.1, 0.15) is 74.1 Å². The molecule has 35 heavy (non-hydrogen) atoms. The molecule has 0 aliphatic rings. The number of amides is 2. The Morgan fingerprint density at radius 3 is 2.17 bits per heavy atom. The van der Waals surface area contributed by atoms with Crippen LogP contribution in [0, 0.1) is 11.8 Å². The van der Waals surface area contributed by atoms with Crippen molar-refractivity contribution in [3.05, 3.63) is 29.3 Å². The van der Waals surface area contributed by atoms with Gasteiger partial charge >= 0.3 is 5.97 Å². The smallest absolute Gasteiger partial charge is 0.305 e. The third-order valence-electron chi connectivity index (χ3n) is 5.17. The van der Waals surface area contributed by atoms with Crippen LogP contribution in [0.3, 0.4) is 0 Å². The predicted molar refractivity (Wildman–Crippen MR) is 133 cm³/mol. The first-order valence-electron chi connectivity index (χ1n) is 11.6. The maximum Gasteiger partial charge on any atom is 0.305 e. The molecule has 1 rings (SSSR count). The van der Waals surface area contributed by atoms with Gasteiger partial charge in [-0.2, -0.15) is 0 Å². The zero-order chi connectivity index (χ0) is 26.7. The number of hydrogen-bond acceptors (Lipinski definition) is 6. The van der Waals surface area contributed by atoms with Crippen molar-refractivity contribution >= 4 is 40.9 Å². The highest BCUT2D eigenvalue weighted by molar-refractivity contribution is 6.03. The quantitative estimate of drug-likeness (QED) is 0.206. The summed E-state index contributed by atoms with van der Waals surface area (Å²) in [5.74, 6) is -2.14. The van der Waals surface area contributed by atoms with E-state index in [4.69, 9.17) is 10.8 Å². The molecular weight excluding hydrogens is 452 g/mol. The summed E-state index contributed by atoms with van der Waals surface area (Å²) in [6.45, 7) is 7.06. The number of ketones is 2. The number of amidine groups is 1. The fourth-order valence-electron chi connectivity index (χ4n) is 3.01. The molecule has 0 spiro atoms. The van der Waals surface area contributed by atoms with Crippen molar-refractivity contribution in [2.45, 2.75) is 53.4 Å². The monoisotopic (exact) mass is 488 g/mol. The Labute approximate surface area is 206 Å². The fraction of sp³-hybridized carbons (Fsp3) is 0.520. The van der Waals surface area contributed by atoms with E-state index >= 15 is 0 Å². The summed E-state index contributed by atoms with van der Waals surface area (Å²) in [4.78, 5) is 65.5. The van der Waals surface area contributed by atoms with E-state index in [0.717, 1.165) is 0 Å². The van der Waals surface area contributed by atoms with E-state index in [1.165, 1.54) is 17.0 Å². The number of Topliss-reactive ketones (excluding diaryl/α,β-unsaturated/α-hetero) is 2. The second-order valence-corrected chi connectivity index (χ2v) is 9.01. The SMILES string of the molecule is CC(C)C(=O)CN(C)C(=O)CCCC(N)=Nc1cc(C(=O)NCCC(=O)O)cc(C(=O)C(C)C)c1. The van der Waals surface area contributed by atoms with Crippen LogP contribution < -0.4 is 11.1 Å². The molecule has 0 saturated heterocycles. The number of likely N-dealkylation sites (N-methyl/N-ethyl adjacent to an activating group) is 1. The molecule has 0 atom stereocenters. The van der Waals surface area contributed by atoms with E-state index in [0.29, 0.717) is 24.1 Å². The molecule has 10 nitrogen and oxygen atoms in total. The molecule has 4 N–H and O–H groups in total. The van der Waals surface area contributed by atoms with Gasteiger partial charge in [-0.1, -0.05) is 27.7 Å². The van der Waals surface area contributed by atoms with E-state index in [-0.39, 0.29) is 66.6 Å². The maximum absolute atomic E-state index is 12.5. The van der Waals surface area contributed by atoms with E-state index < -0.39 is 11.9 Å². The van der Waals surface area contributed by atoms with Crippen molar-refractivity contribution < 1.29 is 29.1 Å². The van der Waals surface area contributed by atoms with Gasteiger partial charge in [0.25, 0.3) is 5.91 Å². The van der Waals surface area contributed by atoms with Gasteiger partial charge in [0, 0.05) is 49.4 Å². The first-order valence-corrected chi connectivity index (χ1v) is 11.6. The van der Waals surface area contributed by atoms with Crippen LogP contribution in [0.2, 0.25) is 0 Å². The van der Waals surface area contributed by atoms with Crippen LogP contribution in [0.25, 0.3) is 0 Å². The molecule has 0 unspecified atom stereocenters. The van der Waals surface area contributed by atoms with Gasteiger partial charge in [0.05, 0.1) is 24.5 Å². The molecule has 0 radical (unpaired) electrons. The van der Waals surface area contributed by atoms with E-state index in [9.17, 15) is 24.0 Å². The predicted octanol–water partition coefficient (Wildman–Crippen LogP) is 2.57. The van der Waals surface area contributed by atoms with Crippen LogP contribution in [0.15, 0.2) is 23.2 Å². The van der Waals surface area contributed by atoms with E-state index in [2.05, 4.69) is 10.3 Å². The molecule has 0 aliphatic heterocycles. The van der Waals surface area contributed by atoms with Crippen LogP contribution in [-0.2, 0) is 14.4 Å². The number of aliphatic carboxylic acids is 1. The second-order valence-electron chi connectivity index (χ2n) is 9.01. The lowest BCUT2D eigenvalue weighted by atomic mass is 9.98. The van der Waals surface area contributed by atoms with Crippen LogP contribution in [-0.4, -0.2) is 65.3 Å². The number of nitrogens with two attached hydrogens (primary N) is 1. The summed E-state index contributed by atoms with van der Waals surface area (Å²) < 4.78 is 0. The third kappa shape index (κ3) is 10.5. The van der Waals surface area contributed by atoms with Gasteiger partial charge in [0.1, 0.15) is 0 Å². The summed E-state index contributed by atoms with van der Waals surface area (Å²) in [6, 6.07) is 4.46. The number of aliphatic imine (C=N–C) groups is 1. The van der Waals surface area contributed by atoms with Gasteiger partial charge < -0.3 is 21.1 Å². The summed E-state index contributed by atoms with van der Waals surface area (Å²) in [7, 11) is 1.58. The minimum atomic E-state index is -1.04. The minimum Gasteiger partial charge on any atom is -0.481 e. The first kappa shape index (κ1) is 29.5. The lowest BCUT2D eigenvalue weighted by Crippen LogP contribution is -2.33. The molecule has 0 heterocycles.